The number of sulfonamides is 1. The smallest absolute Gasteiger partial charge is 0.308 e. The molecule has 2 heterocycles. The fourth-order valence-electron chi connectivity index (χ4n) is 4.12. The van der Waals surface area contributed by atoms with Crippen LogP contribution in [-0.2, 0) is 16.6 Å². The highest BCUT2D eigenvalue weighted by molar-refractivity contribution is 7.89. The second-order valence-corrected chi connectivity index (χ2v) is 11.6. The first-order valence-corrected chi connectivity index (χ1v) is 13.5. The van der Waals surface area contributed by atoms with Crippen LogP contribution >= 0.6 is 11.3 Å². The molecule has 1 saturated heterocycles. The van der Waals surface area contributed by atoms with E-state index in [1.165, 1.54) is 9.87 Å². The first-order chi connectivity index (χ1) is 15.7. The maximum Gasteiger partial charge on any atom is 0.308 e. The van der Waals surface area contributed by atoms with Gasteiger partial charge in [0.25, 0.3) is 5.91 Å². The first kappa shape index (κ1) is 23.7. The van der Waals surface area contributed by atoms with Crippen molar-refractivity contribution in [3.05, 3.63) is 63.3 Å². The fraction of sp³-hybridized carbons (Fsp3) is 0.417. The van der Waals surface area contributed by atoms with Gasteiger partial charge in [0.15, 0.2) is 0 Å². The maximum atomic E-state index is 13.2. The van der Waals surface area contributed by atoms with Crippen molar-refractivity contribution in [1.82, 2.24) is 13.8 Å². The maximum absolute atomic E-state index is 13.2. The molecule has 0 bridgehead atoms. The number of amides is 1. The zero-order valence-corrected chi connectivity index (χ0v) is 20.8. The molecule has 0 aliphatic carbocycles. The third-order valence-corrected chi connectivity index (χ3v) is 8.91. The van der Waals surface area contributed by atoms with Gasteiger partial charge in [0.1, 0.15) is 0 Å². The Kier molecular flexibility index (Phi) is 6.74. The number of thiazole rings is 1. The highest BCUT2D eigenvalue weighted by Crippen LogP contribution is 2.25. The largest absolute Gasteiger partial charge is 0.336 e. The molecule has 1 aromatic heterocycles. The van der Waals surface area contributed by atoms with Gasteiger partial charge in [-0.1, -0.05) is 44.2 Å². The molecule has 1 amide bonds. The van der Waals surface area contributed by atoms with Crippen molar-refractivity contribution >= 4 is 37.5 Å². The number of carbonyl (C=O) groups is 1. The molecular weight excluding hydrogens is 458 g/mol. The van der Waals surface area contributed by atoms with E-state index in [0.29, 0.717) is 35.8 Å². The molecule has 0 radical (unpaired) electrons. The quantitative estimate of drug-likeness (QED) is 0.531. The van der Waals surface area contributed by atoms with Crippen LogP contribution in [0.1, 0.15) is 49.0 Å². The molecule has 1 fully saturated rings. The number of nitrogens with zero attached hydrogens (tertiary/aromatic N) is 3. The number of fused-ring (bicyclic) bond motifs is 1. The molecule has 0 N–H and O–H groups in total. The SMILES string of the molecule is CCCn1c(=O)sc2cc(S(=O)(=O)N3CCN(C(=O)c4ccc(C(C)C)cc4)CC3)ccc21. The molecule has 0 spiro atoms. The van der Waals surface area contributed by atoms with Gasteiger partial charge in [-0.2, -0.15) is 4.31 Å². The summed E-state index contributed by atoms with van der Waals surface area (Å²) in [6, 6.07) is 12.5. The van der Waals surface area contributed by atoms with Gasteiger partial charge in [0.2, 0.25) is 10.0 Å². The van der Waals surface area contributed by atoms with Crippen LogP contribution in [0.3, 0.4) is 0 Å². The van der Waals surface area contributed by atoms with Crippen LogP contribution in [0.4, 0.5) is 0 Å². The lowest BCUT2D eigenvalue weighted by Crippen LogP contribution is -2.50. The van der Waals surface area contributed by atoms with Gasteiger partial charge in [0, 0.05) is 38.3 Å². The molecule has 7 nitrogen and oxygen atoms in total. The summed E-state index contributed by atoms with van der Waals surface area (Å²) in [6.07, 6.45) is 0.830. The summed E-state index contributed by atoms with van der Waals surface area (Å²) < 4.78 is 30.3. The number of hydrogen-bond acceptors (Lipinski definition) is 5. The minimum absolute atomic E-state index is 0.0741. The highest BCUT2D eigenvalue weighted by atomic mass is 32.2. The predicted octanol–water partition coefficient (Wildman–Crippen LogP) is 3.74. The second kappa shape index (κ2) is 9.40. The van der Waals surface area contributed by atoms with E-state index in [4.69, 9.17) is 0 Å². The van der Waals surface area contributed by atoms with Crippen LogP contribution in [0.5, 0.6) is 0 Å². The lowest BCUT2D eigenvalue weighted by Gasteiger charge is -2.34. The molecule has 3 aromatic rings. The predicted molar refractivity (Wildman–Crippen MR) is 132 cm³/mol. The molecule has 1 aliphatic rings. The fourth-order valence-corrected chi connectivity index (χ4v) is 6.60. The average molecular weight is 488 g/mol. The Bertz CT molecular complexity index is 1320. The van der Waals surface area contributed by atoms with Gasteiger partial charge < -0.3 is 4.90 Å². The number of carbonyl (C=O) groups excluding carboxylic acids is 1. The van der Waals surface area contributed by atoms with Gasteiger partial charge in [-0.15, -0.1) is 0 Å². The minimum atomic E-state index is -3.71. The minimum Gasteiger partial charge on any atom is -0.336 e. The summed E-state index contributed by atoms with van der Waals surface area (Å²) in [7, 11) is -3.71. The number of rotatable bonds is 6. The second-order valence-electron chi connectivity index (χ2n) is 8.62. The third-order valence-electron chi connectivity index (χ3n) is 6.07. The molecule has 33 heavy (non-hydrogen) atoms. The lowest BCUT2D eigenvalue weighted by molar-refractivity contribution is 0.0698. The Morgan fingerprint density at radius 3 is 2.30 bits per heavy atom. The molecule has 176 valence electrons. The molecule has 0 unspecified atom stereocenters. The normalized spacial score (nSPS) is 15.5. The molecule has 4 rings (SSSR count). The monoisotopic (exact) mass is 487 g/mol. The molecule has 1 aliphatic heterocycles. The molecule has 2 aromatic carbocycles. The summed E-state index contributed by atoms with van der Waals surface area (Å²) in [6.45, 7) is 7.98. The van der Waals surface area contributed by atoms with Gasteiger partial charge >= 0.3 is 4.87 Å². The van der Waals surface area contributed by atoms with E-state index in [-0.39, 0.29) is 28.8 Å². The lowest BCUT2D eigenvalue weighted by atomic mass is 10.0. The molecule has 0 saturated carbocycles. The number of aromatic nitrogens is 1. The summed E-state index contributed by atoms with van der Waals surface area (Å²) in [5, 5.41) is 0. The third kappa shape index (κ3) is 4.62. The Morgan fingerprint density at radius 1 is 1.03 bits per heavy atom. The van der Waals surface area contributed by atoms with Crippen molar-refractivity contribution in [2.75, 3.05) is 26.2 Å². The van der Waals surface area contributed by atoms with Crippen LogP contribution in [0.2, 0.25) is 0 Å². The van der Waals surface area contributed by atoms with E-state index < -0.39 is 10.0 Å². The first-order valence-electron chi connectivity index (χ1n) is 11.2. The standard InChI is InChI=1S/C24H29N3O4S2/c1-4-11-27-21-10-9-20(16-22(21)32-24(27)29)33(30,31)26-14-12-25(13-15-26)23(28)19-7-5-18(6-8-19)17(2)3/h5-10,16-17H,4,11-15H2,1-3H3. The molecular formula is C24H29N3O4S2. The summed E-state index contributed by atoms with van der Waals surface area (Å²) in [5.41, 5.74) is 2.56. The van der Waals surface area contributed by atoms with E-state index in [1.54, 1.807) is 27.7 Å². The average Bonchev–Trinajstić information content (AvgIpc) is 3.13. The van der Waals surface area contributed by atoms with Crippen LogP contribution in [0, 0.1) is 0 Å². The van der Waals surface area contributed by atoms with E-state index in [0.717, 1.165) is 23.3 Å². The van der Waals surface area contributed by atoms with Gasteiger partial charge in [-0.25, -0.2) is 8.42 Å². The van der Waals surface area contributed by atoms with Crippen LogP contribution in [-0.4, -0.2) is 54.3 Å². The van der Waals surface area contributed by atoms with Gasteiger partial charge in [0.05, 0.1) is 15.1 Å². The molecule has 9 heteroatoms. The van der Waals surface area contributed by atoms with Crippen molar-refractivity contribution in [2.45, 2.75) is 44.6 Å². The van der Waals surface area contributed by atoms with E-state index in [1.807, 2.05) is 31.2 Å². The Hall–Kier alpha value is -2.49. The zero-order valence-electron chi connectivity index (χ0n) is 19.2. The van der Waals surface area contributed by atoms with Crippen LogP contribution in [0.25, 0.3) is 10.2 Å². The Labute approximate surface area is 198 Å². The van der Waals surface area contributed by atoms with Crippen molar-refractivity contribution < 1.29 is 13.2 Å². The Balaban J connectivity index is 1.47. The van der Waals surface area contributed by atoms with Crippen molar-refractivity contribution in [3.8, 4) is 0 Å². The van der Waals surface area contributed by atoms with Gasteiger partial charge in [-0.3, -0.25) is 14.2 Å². The van der Waals surface area contributed by atoms with E-state index in [2.05, 4.69) is 13.8 Å². The summed E-state index contributed by atoms with van der Waals surface area (Å²) in [5.74, 6) is 0.319. The van der Waals surface area contributed by atoms with Crippen molar-refractivity contribution in [1.29, 1.82) is 0 Å². The summed E-state index contributed by atoms with van der Waals surface area (Å²) >= 11 is 1.07. The highest BCUT2D eigenvalue weighted by Gasteiger charge is 2.31. The zero-order chi connectivity index (χ0) is 23.8. The van der Waals surface area contributed by atoms with Crippen molar-refractivity contribution in [2.24, 2.45) is 0 Å². The Morgan fingerprint density at radius 2 is 1.70 bits per heavy atom. The van der Waals surface area contributed by atoms with E-state index in [9.17, 15) is 18.0 Å². The topological polar surface area (TPSA) is 79.7 Å². The van der Waals surface area contributed by atoms with E-state index >= 15 is 0 Å². The van der Waals surface area contributed by atoms with Crippen LogP contribution in [0.15, 0.2) is 52.2 Å². The number of hydrogen-bond donors (Lipinski definition) is 0. The van der Waals surface area contributed by atoms with Crippen LogP contribution < -0.4 is 4.87 Å². The number of piperazine rings is 1. The van der Waals surface area contributed by atoms with Gasteiger partial charge in [-0.05, 0) is 48.2 Å². The molecule has 0 atom stereocenters. The summed E-state index contributed by atoms with van der Waals surface area (Å²) in [4.78, 5) is 26.9. The van der Waals surface area contributed by atoms with Crippen molar-refractivity contribution in [3.63, 3.8) is 0 Å². The number of aryl methyl sites for hydroxylation is 1. The number of benzene rings is 2.